The molecule has 1 aliphatic rings. The van der Waals surface area contributed by atoms with Crippen molar-refractivity contribution in [1.29, 1.82) is 0 Å². The van der Waals surface area contributed by atoms with Crippen LogP contribution in [0.1, 0.15) is 24.2 Å². The second-order valence-corrected chi connectivity index (χ2v) is 8.36. The Labute approximate surface area is 165 Å². The molecule has 1 aliphatic heterocycles. The maximum absolute atomic E-state index is 13.0. The third-order valence-electron chi connectivity index (χ3n) is 4.78. The fourth-order valence-corrected chi connectivity index (χ4v) is 4.68. The van der Waals surface area contributed by atoms with Crippen LogP contribution in [0.25, 0.3) is 0 Å². The molecule has 1 N–H and O–H groups in total. The van der Waals surface area contributed by atoms with Crippen molar-refractivity contribution >= 4 is 27.5 Å². The highest BCUT2D eigenvalue weighted by molar-refractivity contribution is 7.92. The lowest BCUT2D eigenvalue weighted by atomic mass is 10.1. The van der Waals surface area contributed by atoms with Crippen molar-refractivity contribution in [3.8, 4) is 0 Å². The number of nitrogens with zero attached hydrogens (tertiary/aromatic N) is 2. The van der Waals surface area contributed by atoms with E-state index in [-0.39, 0.29) is 23.3 Å². The fourth-order valence-electron chi connectivity index (χ4n) is 3.21. The quantitative estimate of drug-likeness (QED) is 0.829. The molecule has 3 rings (SSSR count). The van der Waals surface area contributed by atoms with Gasteiger partial charge in [0.05, 0.1) is 10.6 Å². The first kappa shape index (κ1) is 19.9. The van der Waals surface area contributed by atoms with Gasteiger partial charge in [-0.15, -0.1) is 0 Å². The number of sulfonamides is 1. The predicted molar refractivity (Wildman–Crippen MR) is 107 cm³/mol. The minimum atomic E-state index is -3.75. The summed E-state index contributed by atoms with van der Waals surface area (Å²) in [4.78, 5) is 26.1. The molecule has 8 heteroatoms. The van der Waals surface area contributed by atoms with Gasteiger partial charge in [0.1, 0.15) is 6.04 Å². The van der Waals surface area contributed by atoms with E-state index in [2.05, 4.69) is 5.32 Å². The average Bonchev–Trinajstić information content (AvgIpc) is 2.71. The topological polar surface area (TPSA) is 86.8 Å². The highest BCUT2D eigenvalue weighted by Gasteiger charge is 2.30. The van der Waals surface area contributed by atoms with Gasteiger partial charge in [-0.2, -0.15) is 0 Å². The van der Waals surface area contributed by atoms with Gasteiger partial charge in [-0.25, -0.2) is 8.42 Å². The van der Waals surface area contributed by atoms with E-state index in [1.54, 1.807) is 38.1 Å². The fraction of sp³-hybridized carbons (Fsp3) is 0.300. The lowest BCUT2D eigenvalue weighted by Gasteiger charge is -2.32. The van der Waals surface area contributed by atoms with Crippen molar-refractivity contribution < 1.29 is 18.0 Å². The Bertz CT molecular complexity index is 959. The number of benzene rings is 2. The number of anilines is 1. The first-order valence-corrected chi connectivity index (χ1v) is 10.6. The summed E-state index contributed by atoms with van der Waals surface area (Å²) in [5, 5.41) is 2.71. The smallest absolute Gasteiger partial charge is 0.264 e. The van der Waals surface area contributed by atoms with Gasteiger partial charge in [0, 0.05) is 25.2 Å². The summed E-state index contributed by atoms with van der Waals surface area (Å²) in [6.45, 7) is 4.55. The Morgan fingerprint density at radius 2 is 1.79 bits per heavy atom. The van der Waals surface area contributed by atoms with Crippen LogP contribution >= 0.6 is 0 Å². The second kappa shape index (κ2) is 8.02. The van der Waals surface area contributed by atoms with Crippen LogP contribution in [0.2, 0.25) is 0 Å². The molecule has 0 radical (unpaired) electrons. The number of amides is 2. The van der Waals surface area contributed by atoms with E-state index in [1.165, 1.54) is 33.5 Å². The van der Waals surface area contributed by atoms with Crippen molar-refractivity contribution in [2.24, 2.45) is 0 Å². The zero-order chi connectivity index (χ0) is 20.3. The standard InChI is InChI=1S/C20H23N3O4S/c1-3-23(17-7-5-4-6-8-17)28(26,27)18-11-9-16(10-12-18)20(25)22-14-13-21-19(24)15(22)2/h4-12,15H,3,13-14H2,1-2H3,(H,21,24). The maximum atomic E-state index is 13.0. The molecule has 1 atom stereocenters. The van der Waals surface area contributed by atoms with Gasteiger partial charge in [-0.1, -0.05) is 18.2 Å². The SMILES string of the molecule is CCN(c1ccccc1)S(=O)(=O)c1ccc(C(=O)N2CCNC(=O)C2C)cc1. The zero-order valence-corrected chi connectivity index (χ0v) is 16.6. The Kier molecular flexibility index (Phi) is 5.69. The molecule has 7 nitrogen and oxygen atoms in total. The predicted octanol–water partition coefficient (Wildman–Crippen LogP) is 1.86. The highest BCUT2D eigenvalue weighted by Crippen LogP contribution is 2.24. The zero-order valence-electron chi connectivity index (χ0n) is 15.8. The van der Waals surface area contributed by atoms with E-state index in [0.29, 0.717) is 24.3 Å². The van der Waals surface area contributed by atoms with Gasteiger partial charge in [0.25, 0.3) is 15.9 Å². The molecule has 0 aromatic heterocycles. The van der Waals surface area contributed by atoms with Crippen LogP contribution in [-0.4, -0.2) is 50.8 Å². The van der Waals surface area contributed by atoms with E-state index in [4.69, 9.17) is 0 Å². The minimum Gasteiger partial charge on any atom is -0.353 e. The monoisotopic (exact) mass is 401 g/mol. The number of rotatable bonds is 5. The number of para-hydroxylation sites is 1. The molecule has 0 spiro atoms. The third kappa shape index (κ3) is 3.73. The van der Waals surface area contributed by atoms with E-state index >= 15 is 0 Å². The second-order valence-electron chi connectivity index (χ2n) is 6.50. The molecular weight excluding hydrogens is 378 g/mol. The number of piperazine rings is 1. The summed E-state index contributed by atoms with van der Waals surface area (Å²) in [6.07, 6.45) is 0. The van der Waals surface area contributed by atoms with Crippen molar-refractivity contribution in [2.75, 3.05) is 23.9 Å². The largest absolute Gasteiger partial charge is 0.353 e. The molecule has 1 heterocycles. The molecule has 1 unspecified atom stereocenters. The number of hydrogen-bond donors (Lipinski definition) is 1. The van der Waals surface area contributed by atoms with Crippen molar-refractivity contribution in [3.05, 3.63) is 60.2 Å². The first-order chi connectivity index (χ1) is 13.4. The van der Waals surface area contributed by atoms with Gasteiger partial charge in [0.2, 0.25) is 5.91 Å². The Hall–Kier alpha value is -2.87. The number of nitrogens with one attached hydrogen (secondary N) is 1. The molecule has 28 heavy (non-hydrogen) atoms. The summed E-state index contributed by atoms with van der Waals surface area (Å²) in [5.74, 6) is -0.484. The van der Waals surface area contributed by atoms with Crippen LogP contribution in [0.5, 0.6) is 0 Å². The van der Waals surface area contributed by atoms with Gasteiger partial charge in [-0.05, 0) is 50.2 Å². The van der Waals surface area contributed by atoms with E-state index in [1.807, 2.05) is 6.07 Å². The van der Waals surface area contributed by atoms with E-state index < -0.39 is 16.1 Å². The lowest BCUT2D eigenvalue weighted by Crippen LogP contribution is -2.55. The van der Waals surface area contributed by atoms with Crippen LogP contribution in [-0.2, 0) is 14.8 Å². The van der Waals surface area contributed by atoms with Crippen LogP contribution in [0.15, 0.2) is 59.5 Å². The minimum absolute atomic E-state index is 0.110. The number of hydrogen-bond acceptors (Lipinski definition) is 4. The maximum Gasteiger partial charge on any atom is 0.264 e. The van der Waals surface area contributed by atoms with Gasteiger partial charge >= 0.3 is 0 Å². The average molecular weight is 401 g/mol. The molecule has 2 aromatic carbocycles. The molecule has 2 aromatic rings. The van der Waals surface area contributed by atoms with Crippen LogP contribution < -0.4 is 9.62 Å². The first-order valence-electron chi connectivity index (χ1n) is 9.12. The Morgan fingerprint density at radius 3 is 2.39 bits per heavy atom. The summed E-state index contributed by atoms with van der Waals surface area (Å²) >= 11 is 0. The van der Waals surface area contributed by atoms with E-state index in [0.717, 1.165) is 0 Å². The van der Waals surface area contributed by atoms with Gasteiger partial charge in [0.15, 0.2) is 0 Å². The van der Waals surface area contributed by atoms with Crippen molar-refractivity contribution in [2.45, 2.75) is 24.8 Å². The van der Waals surface area contributed by atoms with Gasteiger partial charge in [-0.3, -0.25) is 13.9 Å². The van der Waals surface area contributed by atoms with Crippen LogP contribution in [0, 0.1) is 0 Å². The van der Waals surface area contributed by atoms with Crippen molar-refractivity contribution in [1.82, 2.24) is 10.2 Å². The third-order valence-corrected chi connectivity index (χ3v) is 6.70. The summed E-state index contributed by atoms with van der Waals surface area (Å²) in [7, 11) is -3.75. The molecule has 2 amide bonds. The number of carbonyl (C=O) groups excluding carboxylic acids is 2. The molecular formula is C20H23N3O4S. The molecule has 148 valence electrons. The Balaban J connectivity index is 1.85. The summed E-state index contributed by atoms with van der Waals surface area (Å²) in [6, 6.07) is 14.2. The molecule has 1 saturated heterocycles. The molecule has 0 saturated carbocycles. The normalized spacial score (nSPS) is 17.1. The molecule has 0 bridgehead atoms. The lowest BCUT2D eigenvalue weighted by molar-refractivity contribution is -0.127. The van der Waals surface area contributed by atoms with Crippen LogP contribution in [0.4, 0.5) is 5.69 Å². The summed E-state index contributed by atoms with van der Waals surface area (Å²) < 4.78 is 27.4. The van der Waals surface area contributed by atoms with Gasteiger partial charge < -0.3 is 10.2 Å². The molecule has 1 fully saturated rings. The Morgan fingerprint density at radius 1 is 1.14 bits per heavy atom. The summed E-state index contributed by atoms with van der Waals surface area (Å²) in [5.41, 5.74) is 0.932. The number of carbonyl (C=O) groups is 2. The molecule has 0 aliphatic carbocycles. The van der Waals surface area contributed by atoms with E-state index in [9.17, 15) is 18.0 Å². The highest BCUT2D eigenvalue weighted by atomic mass is 32.2. The van der Waals surface area contributed by atoms with Crippen LogP contribution in [0.3, 0.4) is 0 Å². The van der Waals surface area contributed by atoms with Crippen molar-refractivity contribution in [3.63, 3.8) is 0 Å².